The summed E-state index contributed by atoms with van der Waals surface area (Å²) in [7, 11) is 0. The Bertz CT molecular complexity index is 2730. The van der Waals surface area contributed by atoms with E-state index in [4.69, 9.17) is 34.8 Å². The highest BCUT2D eigenvalue weighted by Crippen LogP contribution is 2.19. The second kappa shape index (κ2) is 46.6. The van der Waals surface area contributed by atoms with Crippen molar-refractivity contribution < 1.29 is 8.78 Å². The van der Waals surface area contributed by atoms with Crippen LogP contribution in [0.5, 0.6) is 0 Å². The number of rotatable bonds is 16. The van der Waals surface area contributed by atoms with Crippen LogP contribution in [0.2, 0.25) is 15.1 Å². The zero-order valence-corrected chi connectivity index (χ0v) is 59.0. The lowest BCUT2D eigenvalue weighted by atomic mass is 10.0. The zero-order chi connectivity index (χ0) is 65.3. The van der Waals surface area contributed by atoms with Gasteiger partial charge in [-0.05, 0) is 206 Å². The molecule has 0 nitrogen and oxygen atoms in total. The molecule has 474 valence electrons. The molecule has 0 aliphatic carbocycles. The normalized spacial score (nSPS) is 10.5. The van der Waals surface area contributed by atoms with Crippen LogP contribution in [0, 0.1) is 72.8 Å². The summed E-state index contributed by atoms with van der Waals surface area (Å²) in [5.41, 5.74) is 12.9. The molecule has 87 heavy (non-hydrogen) atoms. The lowest BCUT2D eigenvalue weighted by molar-refractivity contribution is 0.574. The molecule has 0 spiro atoms. The van der Waals surface area contributed by atoms with Gasteiger partial charge in [-0.3, -0.25) is 0 Å². The smallest absolute Gasteiger partial charge is 0.126 e. The Labute approximate surface area is 546 Å². The Kier molecular flexibility index (Phi) is 42.6. The van der Waals surface area contributed by atoms with Crippen LogP contribution in [0.25, 0.3) is 0 Å². The molecule has 0 N–H and O–H groups in total. The monoisotopic (exact) mass is 1240 g/mol. The minimum Gasteiger partial charge on any atom is -0.207 e. The van der Waals surface area contributed by atoms with Crippen LogP contribution in [0.15, 0.2) is 200 Å². The minimum atomic E-state index is -0.136. The molecule has 0 atom stereocenters. The van der Waals surface area contributed by atoms with Gasteiger partial charge in [-0.25, -0.2) is 8.78 Å². The molecule has 0 radical (unpaired) electrons. The molecule has 0 unspecified atom stereocenters. The lowest BCUT2D eigenvalue weighted by Crippen LogP contribution is -1.96. The van der Waals surface area contributed by atoms with Gasteiger partial charge in [0.1, 0.15) is 11.6 Å². The van der Waals surface area contributed by atoms with Gasteiger partial charge in [-0.2, -0.15) is 0 Å². The van der Waals surface area contributed by atoms with E-state index in [9.17, 15) is 8.78 Å². The van der Waals surface area contributed by atoms with Gasteiger partial charge in [0.25, 0.3) is 0 Å². The Balaban J connectivity index is 0.000000497. The summed E-state index contributed by atoms with van der Waals surface area (Å²) in [6, 6.07) is 66.0. The molecule has 0 heterocycles. The van der Waals surface area contributed by atoms with Gasteiger partial charge >= 0.3 is 0 Å². The number of hydrogen-bond acceptors (Lipinski definition) is 0. The van der Waals surface area contributed by atoms with E-state index in [1.807, 2.05) is 66.7 Å². The lowest BCUT2D eigenvalue weighted by Gasteiger charge is -2.05. The quantitative estimate of drug-likeness (QED) is 0.0904. The largest absolute Gasteiger partial charge is 0.207 e. The first-order valence-corrected chi connectivity index (χ1v) is 33.1. The Hall–Kier alpha value is -5.51. The van der Waals surface area contributed by atoms with Crippen molar-refractivity contribution in [3.05, 3.63) is 283 Å². The molecular weight excluding hydrogens is 1130 g/mol. The van der Waals surface area contributed by atoms with E-state index in [2.05, 4.69) is 228 Å². The SMILES string of the molecule is CC(C)Cc1ccc(Cl)cc1.CC(C)Cc1cccc(Cl)c1.CC(C)Cc1cccc(F)c1.CC(C)Cc1ccccc1.CC(C)Cc1ccccc1Cl.CC(C)Cc1ccccc1F.Cc1ccc(CC(C)C)cc1.Cc1cccc(CC(C)C)c1. The molecule has 0 aliphatic rings. The van der Waals surface area contributed by atoms with Gasteiger partial charge in [-0.1, -0.05) is 308 Å². The minimum absolute atomic E-state index is 0.0822. The second-order valence-electron chi connectivity index (χ2n) is 26.3. The van der Waals surface area contributed by atoms with E-state index >= 15 is 0 Å². The number of hydrogen-bond donors (Lipinski definition) is 0. The third kappa shape index (κ3) is 43.7. The molecule has 8 rings (SSSR count). The van der Waals surface area contributed by atoms with Crippen molar-refractivity contribution >= 4 is 34.8 Å². The summed E-state index contributed by atoms with van der Waals surface area (Å²) in [5, 5.41) is 2.54. The highest BCUT2D eigenvalue weighted by molar-refractivity contribution is 6.31. The van der Waals surface area contributed by atoms with E-state index in [1.165, 1.54) is 75.9 Å². The van der Waals surface area contributed by atoms with Crippen molar-refractivity contribution in [2.45, 2.75) is 176 Å². The fourth-order valence-corrected chi connectivity index (χ4v) is 9.71. The maximum Gasteiger partial charge on any atom is 0.126 e. The summed E-state index contributed by atoms with van der Waals surface area (Å²) >= 11 is 17.5. The van der Waals surface area contributed by atoms with Gasteiger partial charge < -0.3 is 0 Å². The molecule has 8 aromatic rings. The number of benzene rings is 8. The van der Waals surface area contributed by atoms with Crippen LogP contribution in [-0.2, 0) is 51.4 Å². The van der Waals surface area contributed by atoms with Crippen LogP contribution in [0.4, 0.5) is 8.78 Å². The molecular formula is C82H111Cl3F2. The van der Waals surface area contributed by atoms with Crippen LogP contribution >= 0.6 is 34.8 Å². The highest BCUT2D eigenvalue weighted by atomic mass is 35.5. The predicted molar refractivity (Wildman–Crippen MR) is 384 cm³/mol. The summed E-state index contributed by atoms with van der Waals surface area (Å²) in [6.07, 6.45) is 8.69. The summed E-state index contributed by atoms with van der Waals surface area (Å²) in [4.78, 5) is 0. The van der Waals surface area contributed by atoms with Gasteiger partial charge in [0.05, 0.1) is 0 Å². The third-order valence-electron chi connectivity index (χ3n) is 12.8. The summed E-state index contributed by atoms with van der Waals surface area (Å²) in [6.45, 7) is 39.4. The van der Waals surface area contributed by atoms with Crippen LogP contribution in [0.1, 0.15) is 166 Å². The molecule has 8 aromatic carbocycles. The van der Waals surface area contributed by atoms with E-state index in [0.29, 0.717) is 23.7 Å². The second-order valence-corrected chi connectivity index (χ2v) is 27.6. The standard InChI is InChI=1S/2C11H16.3C10H13Cl.2C10H13F.C10H14/c1-9(2)8-11-6-4-10(3)5-7-11;1-9(2)7-11-6-4-5-10(3)8-11;1-8(2)7-9-3-5-10(11)6-4-9;1-8(2)6-9-4-3-5-10(11)7-9;1-8(2)7-9-5-3-4-6-10(9)11;1-8(2)6-9-4-3-5-10(11)7-9;1-8(2)7-9-5-3-4-6-10(9)11;1-9(2)8-10-6-4-3-5-7-10/h4-7,9H,8H2,1-3H3;4-6,8-9H,7H2,1-3H3;3-6,8H,7H2,1-2H3;3-5,7-8H,6H2,1-2H3;3-6,8H,7H2,1-2H3;3-5,7-8H,6H2,1-2H3;3-6,8H,7H2,1-2H3;3-7,9H,8H2,1-2H3. The van der Waals surface area contributed by atoms with Gasteiger partial charge in [0.15, 0.2) is 0 Å². The van der Waals surface area contributed by atoms with Crippen molar-refractivity contribution in [1.82, 2.24) is 0 Å². The van der Waals surface area contributed by atoms with E-state index in [1.54, 1.807) is 18.2 Å². The van der Waals surface area contributed by atoms with Gasteiger partial charge in [-0.15, -0.1) is 0 Å². The Morgan fingerprint density at radius 1 is 0.264 bits per heavy atom. The van der Waals surface area contributed by atoms with Crippen LogP contribution in [0.3, 0.4) is 0 Å². The molecule has 0 bridgehead atoms. The molecule has 0 saturated carbocycles. The molecule has 0 amide bonds. The third-order valence-corrected chi connectivity index (χ3v) is 13.6. The average molecular weight is 1240 g/mol. The van der Waals surface area contributed by atoms with Crippen LogP contribution in [-0.4, -0.2) is 0 Å². The number of aryl methyl sites for hydroxylation is 2. The Morgan fingerprint density at radius 2 is 0.609 bits per heavy atom. The maximum atomic E-state index is 12.9. The Morgan fingerprint density at radius 3 is 1.03 bits per heavy atom. The first-order valence-electron chi connectivity index (χ1n) is 31.9. The van der Waals surface area contributed by atoms with Crippen molar-refractivity contribution in [1.29, 1.82) is 0 Å². The molecule has 0 aromatic heterocycles. The van der Waals surface area contributed by atoms with E-state index in [-0.39, 0.29) is 11.6 Å². The number of halogens is 5. The van der Waals surface area contributed by atoms with Crippen molar-refractivity contribution in [3.8, 4) is 0 Å². The zero-order valence-electron chi connectivity index (χ0n) is 56.7. The molecule has 0 fully saturated rings. The first-order chi connectivity index (χ1) is 41.1. The topological polar surface area (TPSA) is 0 Å². The van der Waals surface area contributed by atoms with E-state index < -0.39 is 0 Å². The van der Waals surface area contributed by atoms with Crippen LogP contribution < -0.4 is 0 Å². The molecule has 5 heteroatoms. The molecule has 0 aliphatic heterocycles. The average Bonchev–Trinajstić information content (AvgIpc) is 3.51. The predicted octanol–water partition coefficient (Wildman–Crippen LogP) is 25.9. The van der Waals surface area contributed by atoms with E-state index in [0.717, 1.165) is 82.0 Å². The molecule has 0 saturated heterocycles. The highest BCUT2D eigenvalue weighted by Gasteiger charge is 2.04. The van der Waals surface area contributed by atoms with Gasteiger partial charge in [0.2, 0.25) is 0 Å². The summed E-state index contributed by atoms with van der Waals surface area (Å²) < 4.78 is 25.6. The van der Waals surface area contributed by atoms with Crippen molar-refractivity contribution in [2.24, 2.45) is 47.3 Å². The van der Waals surface area contributed by atoms with Crippen molar-refractivity contribution in [3.63, 3.8) is 0 Å². The first kappa shape index (κ1) is 79.5. The fourth-order valence-electron chi connectivity index (χ4n) is 9.16. The van der Waals surface area contributed by atoms with Crippen molar-refractivity contribution in [2.75, 3.05) is 0 Å². The summed E-state index contributed by atoms with van der Waals surface area (Å²) in [5.74, 6) is 5.28. The fraction of sp³-hybridized carbons (Fsp3) is 0.415. The maximum absolute atomic E-state index is 12.9. The van der Waals surface area contributed by atoms with Gasteiger partial charge in [0, 0.05) is 15.1 Å².